The van der Waals surface area contributed by atoms with Crippen LogP contribution in [0.1, 0.15) is 12.5 Å². The van der Waals surface area contributed by atoms with Gasteiger partial charge in [-0.25, -0.2) is 0 Å². The summed E-state index contributed by atoms with van der Waals surface area (Å²) in [6, 6.07) is 10.7. The van der Waals surface area contributed by atoms with Crippen LogP contribution in [0.25, 0.3) is 0 Å². The second kappa shape index (κ2) is 10.6. The van der Waals surface area contributed by atoms with Crippen molar-refractivity contribution in [2.45, 2.75) is 13.5 Å². The number of likely N-dealkylation sites (tertiary alicyclic amines) is 1. The summed E-state index contributed by atoms with van der Waals surface area (Å²) in [4.78, 5) is 23.5. The molecule has 2 fully saturated rings. The number of hydrogen-bond donors (Lipinski definition) is 1. The van der Waals surface area contributed by atoms with E-state index in [-0.39, 0.29) is 17.8 Å². The summed E-state index contributed by atoms with van der Waals surface area (Å²) in [5.41, 5.74) is 1.39. The van der Waals surface area contributed by atoms with Crippen LogP contribution in [-0.2, 0) is 16.1 Å². The highest BCUT2D eigenvalue weighted by Gasteiger charge is 2.36. The Morgan fingerprint density at radius 1 is 1.14 bits per heavy atom. The largest absolute Gasteiger partial charge is 0.469 e. The number of nitrogens with zero attached hydrogens (tertiary/aromatic N) is 4. The molecule has 29 heavy (non-hydrogen) atoms. The van der Waals surface area contributed by atoms with E-state index in [9.17, 15) is 4.79 Å². The molecule has 0 radical (unpaired) electrons. The summed E-state index contributed by atoms with van der Waals surface area (Å²) in [7, 11) is 3.27. The Kier molecular flexibility index (Phi) is 7.89. The van der Waals surface area contributed by atoms with Crippen molar-refractivity contribution < 1.29 is 9.53 Å². The van der Waals surface area contributed by atoms with Gasteiger partial charge in [0.25, 0.3) is 0 Å². The summed E-state index contributed by atoms with van der Waals surface area (Å²) in [5, 5.41) is 3.48. The number of nitrogens with one attached hydrogen (secondary N) is 1. The highest BCUT2D eigenvalue weighted by molar-refractivity contribution is 5.82. The second-order valence-electron chi connectivity index (χ2n) is 8.09. The number of benzene rings is 1. The molecular weight excluding hydrogens is 366 g/mol. The normalized spacial score (nSPS) is 24.0. The fraction of sp³-hybridized carbons (Fsp3) is 0.636. The monoisotopic (exact) mass is 401 g/mol. The maximum absolute atomic E-state index is 11.9. The number of carbonyl (C=O) groups excluding carboxylic acids is 1. The van der Waals surface area contributed by atoms with Gasteiger partial charge < -0.3 is 15.0 Å². The summed E-state index contributed by atoms with van der Waals surface area (Å²) in [6.07, 6.45) is 0. The number of hydrogen-bond acceptors (Lipinski definition) is 5. The van der Waals surface area contributed by atoms with E-state index in [0.29, 0.717) is 6.54 Å². The molecule has 0 aliphatic carbocycles. The van der Waals surface area contributed by atoms with E-state index >= 15 is 0 Å². The number of carbonyl (C=O) groups is 1. The molecular formula is C22H35N5O2. The number of guanidine groups is 1. The van der Waals surface area contributed by atoms with Gasteiger partial charge in [0.15, 0.2) is 5.96 Å². The Hall–Kier alpha value is -2.12. The van der Waals surface area contributed by atoms with E-state index < -0.39 is 0 Å². The van der Waals surface area contributed by atoms with Crippen molar-refractivity contribution in [3.8, 4) is 0 Å². The van der Waals surface area contributed by atoms with Gasteiger partial charge in [-0.05, 0) is 11.5 Å². The van der Waals surface area contributed by atoms with Gasteiger partial charge in [-0.2, -0.15) is 0 Å². The van der Waals surface area contributed by atoms with Crippen molar-refractivity contribution >= 4 is 11.9 Å². The second-order valence-corrected chi connectivity index (χ2v) is 8.09. The quantitative estimate of drug-likeness (QED) is 0.438. The van der Waals surface area contributed by atoms with Crippen LogP contribution in [0.4, 0.5) is 0 Å². The molecule has 1 aromatic carbocycles. The van der Waals surface area contributed by atoms with Crippen LogP contribution in [0.15, 0.2) is 35.3 Å². The van der Waals surface area contributed by atoms with Crippen LogP contribution in [-0.4, -0.2) is 93.1 Å². The molecule has 0 aromatic heterocycles. The first-order valence-electron chi connectivity index (χ1n) is 10.6. The lowest BCUT2D eigenvalue weighted by atomic mass is 9.99. The van der Waals surface area contributed by atoms with Crippen molar-refractivity contribution in [2.75, 3.05) is 66.5 Å². The average molecular weight is 402 g/mol. The van der Waals surface area contributed by atoms with Gasteiger partial charge in [-0.1, -0.05) is 37.3 Å². The van der Waals surface area contributed by atoms with E-state index in [2.05, 4.69) is 62.3 Å². The zero-order chi connectivity index (χ0) is 20.6. The molecule has 1 aromatic rings. The molecule has 0 bridgehead atoms. The van der Waals surface area contributed by atoms with Crippen LogP contribution < -0.4 is 5.32 Å². The van der Waals surface area contributed by atoms with Crippen LogP contribution >= 0.6 is 0 Å². The Balaban J connectivity index is 1.37. The average Bonchev–Trinajstić information content (AvgIpc) is 3.14. The molecule has 0 saturated carbocycles. The molecule has 1 N–H and O–H groups in total. The van der Waals surface area contributed by atoms with E-state index in [4.69, 9.17) is 4.74 Å². The third kappa shape index (κ3) is 5.93. The Morgan fingerprint density at radius 2 is 1.83 bits per heavy atom. The Labute approximate surface area is 174 Å². The van der Waals surface area contributed by atoms with Gasteiger partial charge in [-0.3, -0.25) is 19.6 Å². The summed E-state index contributed by atoms with van der Waals surface area (Å²) in [5.74, 6) is 0.963. The lowest BCUT2D eigenvalue weighted by Crippen LogP contribution is -2.49. The van der Waals surface area contributed by atoms with Gasteiger partial charge in [-0.15, -0.1) is 0 Å². The number of rotatable bonds is 6. The minimum Gasteiger partial charge on any atom is -0.469 e. The summed E-state index contributed by atoms with van der Waals surface area (Å²) in [6.45, 7) is 10.9. The molecule has 7 nitrogen and oxygen atoms in total. The minimum atomic E-state index is -0.121. The fourth-order valence-electron chi connectivity index (χ4n) is 4.27. The number of aliphatic imine (C=N–C) groups is 1. The number of methoxy groups -OCH3 is 1. The highest BCUT2D eigenvalue weighted by atomic mass is 16.5. The smallest absolute Gasteiger partial charge is 0.310 e. The van der Waals surface area contributed by atoms with Gasteiger partial charge in [0.05, 0.1) is 13.0 Å². The van der Waals surface area contributed by atoms with Gasteiger partial charge in [0.2, 0.25) is 0 Å². The fourth-order valence-corrected chi connectivity index (χ4v) is 4.27. The predicted molar refractivity (Wildman–Crippen MR) is 116 cm³/mol. The maximum atomic E-state index is 11.9. The van der Waals surface area contributed by atoms with Gasteiger partial charge in [0.1, 0.15) is 0 Å². The first kappa shape index (κ1) is 21.6. The molecule has 2 heterocycles. The number of esters is 1. The first-order chi connectivity index (χ1) is 14.1. The molecule has 3 rings (SSSR count). The number of ether oxygens (including phenoxy) is 1. The highest BCUT2D eigenvalue weighted by Crippen LogP contribution is 2.24. The van der Waals surface area contributed by atoms with Crippen LogP contribution in [0.2, 0.25) is 0 Å². The molecule has 160 valence electrons. The maximum Gasteiger partial charge on any atom is 0.310 e. The van der Waals surface area contributed by atoms with E-state index in [1.807, 2.05) is 0 Å². The summed E-state index contributed by atoms with van der Waals surface area (Å²) >= 11 is 0. The Bertz CT molecular complexity index is 673. The first-order valence-corrected chi connectivity index (χ1v) is 10.6. The van der Waals surface area contributed by atoms with Crippen LogP contribution in [0.5, 0.6) is 0 Å². The molecule has 2 unspecified atom stereocenters. The Morgan fingerprint density at radius 3 is 2.48 bits per heavy atom. The van der Waals surface area contributed by atoms with Gasteiger partial charge >= 0.3 is 5.97 Å². The zero-order valence-electron chi connectivity index (χ0n) is 18.0. The van der Waals surface area contributed by atoms with Crippen LogP contribution in [0, 0.1) is 11.8 Å². The lowest BCUT2D eigenvalue weighted by Gasteiger charge is -2.35. The predicted octanol–water partition coefficient (Wildman–Crippen LogP) is 1.12. The lowest BCUT2D eigenvalue weighted by molar-refractivity contribution is -0.145. The van der Waals surface area contributed by atoms with Crippen molar-refractivity contribution in [2.24, 2.45) is 16.8 Å². The zero-order valence-corrected chi connectivity index (χ0v) is 18.0. The summed E-state index contributed by atoms with van der Waals surface area (Å²) < 4.78 is 4.94. The molecule has 7 heteroatoms. The number of piperazine rings is 1. The van der Waals surface area contributed by atoms with Gasteiger partial charge in [0, 0.05) is 66.0 Å². The molecule has 2 aliphatic rings. The van der Waals surface area contributed by atoms with E-state index in [0.717, 1.165) is 58.3 Å². The van der Waals surface area contributed by atoms with E-state index in [1.54, 1.807) is 7.05 Å². The molecule has 0 amide bonds. The third-order valence-electron chi connectivity index (χ3n) is 6.05. The van der Waals surface area contributed by atoms with Crippen molar-refractivity contribution in [3.05, 3.63) is 35.9 Å². The van der Waals surface area contributed by atoms with E-state index in [1.165, 1.54) is 12.7 Å². The molecule has 2 aliphatic heterocycles. The third-order valence-corrected chi connectivity index (χ3v) is 6.05. The molecule has 0 spiro atoms. The molecule has 2 atom stereocenters. The van der Waals surface area contributed by atoms with Crippen LogP contribution in [0.3, 0.4) is 0 Å². The molecule has 2 saturated heterocycles. The minimum absolute atomic E-state index is 0.0729. The standard InChI is InChI=1S/C22H35N5O2/c1-18-15-27(17-20(18)21(28)29-3)22(23-2)24-9-10-25-11-13-26(14-12-25)16-19-7-5-4-6-8-19/h4-8,18,20H,9-17H2,1-3H3,(H,23,24). The SMILES string of the molecule is CN=C(NCCN1CCN(Cc2ccccc2)CC1)N1CC(C)C(C(=O)OC)C1. The topological polar surface area (TPSA) is 60.4 Å². The van der Waals surface area contributed by atoms with Crippen molar-refractivity contribution in [1.29, 1.82) is 0 Å². The van der Waals surface area contributed by atoms with Crippen molar-refractivity contribution in [1.82, 2.24) is 20.0 Å². The van der Waals surface area contributed by atoms with Crippen molar-refractivity contribution in [3.63, 3.8) is 0 Å².